The van der Waals surface area contributed by atoms with Crippen molar-refractivity contribution in [2.45, 2.75) is 13.8 Å². The van der Waals surface area contributed by atoms with E-state index in [1.165, 1.54) is 7.11 Å². The third-order valence-corrected chi connectivity index (χ3v) is 1.87. The topological polar surface area (TPSA) is 87.7 Å². The van der Waals surface area contributed by atoms with E-state index in [2.05, 4.69) is 15.4 Å². The molecular formula is C13H20N2O4. The Morgan fingerprint density at radius 1 is 1.05 bits per heavy atom. The van der Waals surface area contributed by atoms with Gasteiger partial charge < -0.3 is 20.5 Å². The molecule has 0 aliphatic rings. The monoisotopic (exact) mass is 268 g/mol. The van der Waals surface area contributed by atoms with Crippen molar-refractivity contribution in [2.24, 2.45) is 0 Å². The van der Waals surface area contributed by atoms with E-state index in [1.54, 1.807) is 24.3 Å². The summed E-state index contributed by atoms with van der Waals surface area (Å²) in [7, 11) is 1.44. The van der Waals surface area contributed by atoms with Gasteiger partial charge in [-0.25, -0.2) is 0 Å². The number of anilines is 2. The Balaban J connectivity index is 0.00000154. The predicted molar refractivity (Wildman–Crippen MR) is 74.0 cm³/mol. The molecule has 0 heterocycles. The van der Waals surface area contributed by atoms with Gasteiger partial charge in [-0.3, -0.25) is 9.59 Å². The van der Waals surface area contributed by atoms with Crippen LogP contribution < -0.4 is 10.6 Å². The van der Waals surface area contributed by atoms with Gasteiger partial charge in [0, 0.05) is 18.5 Å². The van der Waals surface area contributed by atoms with Crippen LogP contribution in [0.15, 0.2) is 24.3 Å². The minimum atomic E-state index is -0.563. The minimum absolute atomic E-state index is 0.0109. The Morgan fingerprint density at radius 2 is 1.47 bits per heavy atom. The molecule has 106 valence electrons. The Hall–Kier alpha value is -1.92. The van der Waals surface area contributed by atoms with Gasteiger partial charge in [0.2, 0.25) is 11.8 Å². The molecule has 1 aromatic rings. The second-order valence-corrected chi connectivity index (χ2v) is 3.26. The lowest BCUT2D eigenvalue weighted by Gasteiger charge is -2.06. The highest BCUT2D eigenvalue weighted by Gasteiger charge is 2.02. The van der Waals surface area contributed by atoms with Gasteiger partial charge in [-0.1, -0.05) is 13.8 Å². The average molecular weight is 268 g/mol. The second-order valence-electron chi connectivity index (χ2n) is 3.26. The van der Waals surface area contributed by atoms with E-state index < -0.39 is 12.5 Å². The summed E-state index contributed by atoms with van der Waals surface area (Å²) in [4.78, 5) is 22.1. The average Bonchev–Trinajstić information content (AvgIpc) is 2.43. The van der Waals surface area contributed by atoms with Crippen LogP contribution in [-0.2, 0) is 14.3 Å². The molecule has 2 amide bonds. The molecule has 19 heavy (non-hydrogen) atoms. The highest BCUT2D eigenvalue weighted by molar-refractivity contribution is 5.93. The number of aliphatic hydroxyl groups is 1. The van der Waals surface area contributed by atoms with Crippen LogP contribution >= 0.6 is 0 Å². The first kappa shape index (κ1) is 17.1. The molecule has 3 N–H and O–H groups in total. The van der Waals surface area contributed by atoms with Gasteiger partial charge in [0.15, 0.2) is 0 Å². The number of amides is 2. The van der Waals surface area contributed by atoms with Crippen LogP contribution in [0.5, 0.6) is 0 Å². The van der Waals surface area contributed by atoms with E-state index >= 15 is 0 Å². The van der Waals surface area contributed by atoms with Gasteiger partial charge in [0.1, 0.15) is 13.2 Å². The van der Waals surface area contributed by atoms with Gasteiger partial charge in [-0.05, 0) is 24.3 Å². The third kappa shape index (κ3) is 7.17. The van der Waals surface area contributed by atoms with Crippen molar-refractivity contribution in [2.75, 3.05) is 31.0 Å². The van der Waals surface area contributed by atoms with Crippen molar-refractivity contribution in [3.63, 3.8) is 0 Å². The summed E-state index contributed by atoms with van der Waals surface area (Å²) < 4.78 is 4.67. The summed E-state index contributed by atoms with van der Waals surface area (Å²) in [6.07, 6.45) is 0. The zero-order valence-electron chi connectivity index (χ0n) is 11.4. The number of hydrogen-bond donors (Lipinski definition) is 3. The number of rotatable bonds is 5. The molecule has 0 spiro atoms. The fourth-order valence-corrected chi connectivity index (χ4v) is 1.17. The van der Waals surface area contributed by atoms with Crippen LogP contribution in [-0.4, -0.2) is 37.2 Å². The third-order valence-electron chi connectivity index (χ3n) is 1.87. The van der Waals surface area contributed by atoms with Gasteiger partial charge in [-0.2, -0.15) is 0 Å². The largest absolute Gasteiger partial charge is 0.387 e. The number of methoxy groups -OCH3 is 1. The van der Waals surface area contributed by atoms with Gasteiger partial charge in [-0.15, -0.1) is 0 Å². The van der Waals surface area contributed by atoms with Crippen molar-refractivity contribution in [3.8, 4) is 0 Å². The maximum Gasteiger partial charge on any atom is 0.250 e. The SMILES string of the molecule is CC.COCC(=O)Nc1ccc(NC(=O)CO)cc1. The summed E-state index contributed by atoms with van der Waals surface area (Å²) in [5.41, 5.74) is 1.16. The lowest BCUT2D eigenvalue weighted by Crippen LogP contribution is -2.17. The molecule has 6 nitrogen and oxygen atoms in total. The van der Waals surface area contributed by atoms with Crippen LogP contribution in [0, 0.1) is 0 Å². The summed E-state index contributed by atoms with van der Waals surface area (Å²) in [6, 6.07) is 6.52. The quantitative estimate of drug-likeness (QED) is 0.749. The van der Waals surface area contributed by atoms with Gasteiger partial charge >= 0.3 is 0 Å². The van der Waals surface area contributed by atoms with Crippen molar-refractivity contribution < 1.29 is 19.4 Å². The fourth-order valence-electron chi connectivity index (χ4n) is 1.17. The van der Waals surface area contributed by atoms with E-state index in [9.17, 15) is 9.59 Å². The fraction of sp³-hybridized carbons (Fsp3) is 0.385. The number of carbonyl (C=O) groups excluding carboxylic acids is 2. The van der Waals surface area contributed by atoms with Crippen molar-refractivity contribution in [1.29, 1.82) is 0 Å². The normalized spacial score (nSPS) is 9.05. The molecule has 0 fully saturated rings. The predicted octanol–water partition coefficient (Wildman–Crippen LogP) is 1.23. The first-order valence-electron chi connectivity index (χ1n) is 5.95. The molecule has 0 unspecified atom stereocenters. The van der Waals surface area contributed by atoms with E-state index in [0.29, 0.717) is 11.4 Å². The maximum absolute atomic E-state index is 11.2. The summed E-state index contributed by atoms with van der Waals surface area (Å²) >= 11 is 0. The molecule has 0 atom stereocenters. The summed E-state index contributed by atoms with van der Waals surface area (Å²) in [5, 5.41) is 13.6. The number of benzene rings is 1. The lowest BCUT2D eigenvalue weighted by molar-refractivity contribution is -0.120. The highest BCUT2D eigenvalue weighted by atomic mass is 16.5. The lowest BCUT2D eigenvalue weighted by atomic mass is 10.2. The number of carbonyl (C=O) groups is 2. The molecule has 1 rings (SSSR count). The Labute approximate surface area is 112 Å². The molecular weight excluding hydrogens is 248 g/mol. The number of ether oxygens (including phenoxy) is 1. The first-order valence-corrected chi connectivity index (χ1v) is 5.95. The molecule has 1 aromatic carbocycles. The number of aliphatic hydroxyl groups excluding tert-OH is 1. The van der Waals surface area contributed by atoms with E-state index in [1.807, 2.05) is 13.8 Å². The van der Waals surface area contributed by atoms with Crippen LogP contribution in [0.2, 0.25) is 0 Å². The molecule has 6 heteroatoms. The molecule has 0 aromatic heterocycles. The zero-order valence-corrected chi connectivity index (χ0v) is 11.4. The number of hydrogen-bond acceptors (Lipinski definition) is 4. The minimum Gasteiger partial charge on any atom is -0.387 e. The van der Waals surface area contributed by atoms with E-state index in [-0.39, 0.29) is 12.5 Å². The summed E-state index contributed by atoms with van der Waals surface area (Å²) in [6.45, 7) is 3.43. The van der Waals surface area contributed by atoms with Crippen molar-refractivity contribution in [3.05, 3.63) is 24.3 Å². The molecule has 0 aliphatic carbocycles. The standard InChI is InChI=1S/C11H14N2O4.C2H6/c1-17-7-11(16)13-9-4-2-8(3-5-9)12-10(15)6-14;1-2/h2-5,14H,6-7H2,1H3,(H,12,15)(H,13,16);1-2H3. The van der Waals surface area contributed by atoms with Crippen LogP contribution in [0.25, 0.3) is 0 Å². The van der Waals surface area contributed by atoms with Crippen LogP contribution in [0.3, 0.4) is 0 Å². The molecule has 0 saturated heterocycles. The molecule has 0 bridgehead atoms. The Kier molecular flexibility index (Phi) is 9.03. The van der Waals surface area contributed by atoms with Gasteiger partial charge in [0.05, 0.1) is 0 Å². The molecule has 0 radical (unpaired) electrons. The molecule has 0 aliphatic heterocycles. The van der Waals surface area contributed by atoms with E-state index in [0.717, 1.165) is 0 Å². The highest BCUT2D eigenvalue weighted by Crippen LogP contribution is 2.13. The second kappa shape index (κ2) is 10.0. The first-order chi connectivity index (χ1) is 9.15. The Bertz CT molecular complexity index is 390. The van der Waals surface area contributed by atoms with Crippen molar-refractivity contribution in [1.82, 2.24) is 0 Å². The summed E-state index contributed by atoms with van der Waals surface area (Å²) in [5.74, 6) is -0.735. The number of nitrogens with one attached hydrogen (secondary N) is 2. The van der Waals surface area contributed by atoms with E-state index in [4.69, 9.17) is 5.11 Å². The molecule has 0 saturated carbocycles. The van der Waals surface area contributed by atoms with Crippen LogP contribution in [0.1, 0.15) is 13.8 Å². The van der Waals surface area contributed by atoms with Crippen molar-refractivity contribution >= 4 is 23.2 Å². The Morgan fingerprint density at radius 3 is 1.84 bits per heavy atom. The zero-order chi connectivity index (χ0) is 14.7. The van der Waals surface area contributed by atoms with Crippen LogP contribution in [0.4, 0.5) is 11.4 Å². The smallest absolute Gasteiger partial charge is 0.250 e. The maximum atomic E-state index is 11.2. The van der Waals surface area contributed by atoms with Gasteiger partial charge in [0.25, 0.3) is 0 Å².